The molecule has 9 rings (SSSR count). The molecule has 0 aliphatic carbocycles. The van der Waals surface area contributed by atoms with Crippen molar-refractivity contribution in [2.45, 2.75) is 86.6 Å². The SMILES string of the molecule is COc1ccc2c(c1OCCO)O[C@H]1c3c(Cn4cc5cc[nH]c5c4CO)cc(O[C@@H]4O[C@@]5(C=CN[C@H](N)[C@H]5OC(=O)CC(=O)O)[C@@H](O)[C@H](O)[C@H]4O)cc3O[C@H](Cc3ccccc3)[C@@H]21. The number of aliphatic carboxylic acids is 1. The Morgan fingerprint density at radius 1 is 1.02 bits per heavy atom. The number of carbonyl (C=O) groups is 2. The molecule has 6 heterocycles. The molecule has 1 saturated heterocycles. The molecule has 19 heteroatoms. The van der Waals surface area contributed by atoms with Crippen molar-refractivity contribution in [3.8, 4) is 28.7 Å². The zero-order valence-corrected chi connectivity index (χ0v) is 34.4. The van der Waals surface area contributed by atoms with Gasteiger partial charge in [-0.25, -0.2) is 0 Å². The van der Waals surface area contributed by atoms with Gasteiger partial charge in [-0.05, 0) is 41.6 Å². The normalized spacial score (nSPS) is 27.7. The Labute approximate surface area is 365 Å². The molecular weight excluding hydrogens is 837 g/mol. The number of rotatable bonds is 14. The molecule has 0 unspecified atom stereocenters. The van der Waals surface area contributed by atoms with Crippen molar-refractivity contribution in [3.63, 3.8) is 0 Å². The van der Waals surface area contributed by atoms with Crippen molar-refractivity contribution in [2.24, 2.45) is 5.73 Å². The van der Waals surface area contributed by atoms with Crippen LogP contribution in [0.4, 0.5) is 0 Å². The molecule has 64 heavy (non-hydrogen) atoms. The van der Waals surface area contributed by atoms with E-state index in [4.69, 9.17) is 38.9 Å². The topological polar surface area (TPSA) is 279 Å². The van der Waals surface area contributed by atoms with Gasteiger partial charge in [-0.2, -0.15) is 0 Å². The van der Waals surface area contributed by atoms with Crippen molar-refractivity contribution in [1.29, 1.82) is 0 Å². The maximum Gasteiger partial charge on any atom is 0.317 e. The van der Waals surface area contributed by atoms with E-state index >= 15 is 0 Å². The molecule has 1 fully saturated rings. The average Bonchev–Trinajstić information content (AvgIpc) is 3.99. The van der Waals surface area contributed by atoms with E-state index < -0.39 is 79.0 Å². The minimum Gasteiger partial charge on any atom is -0.493 e. The lowest BCUT2D eigenvalue weighted by atomic mass is 9.79. The van der Waals surface area contributed by atoms with Gasteiger partial charge >= 0.3 is 11.9 Å². The van der Waals surface area contributed by atoms with E-state index in [2.05, 4.69) is 10.3 Å². The number of fused-ring (bicyclic) bond motifs is 6. The number of carbonyl (C=O) groups excluding carboxylic acids is 1. The van der Waals surface area contributed by atoms with Gasteiger partial charge in [0.05, 0.1) is 37.5 Å². The number of nitrogens with one attached hydrogen (secondary N) is 2. The molecule has 0 bridgehead atoms. The van der Waals surface area contributed by atoms with Gasteiger partial charge in [-0.15, -0.1) is 0 Å². The van der Waals surface area contributed by atoms with Gasteiger partial charge < -0.3 is 84.4 Å². The lowest BCUT2D eigenvalue weighted by Gasteiger charge is -2.52. The number of aromatic nitrogens is 2. The first-order valence-electron chi connectivity index (χ1n) is 20.7. The highest BCUT2D eigenvalue weighted by molar-refractivity contribution is 5.90. The Hall–Kier alpha value is -6.32. The van der Waals surface area contributed by atoms with Crippen LogP contribution in [0.2, 0.25) is 0 Å². The van der Waals surface area contributed by atoms with Crippen molar-refractivity contribution in [2.75, 3.05) is 20.3 Å². The third-order valence-corrected chi connectivity index (χ3v) is 12.2. The number of aliphatic hydroxyl groups is 5. The summed E-state index contributed by atoms with van der Waals surface area (Å²) in [5.74, 6) is -1.47. The summed E-state index contributed by atoms with van der Waals surface area (Å²) in [5, 5.41) is 67.4. The van der Waals surface area contributed by atoms with Crippen LogP contribution in [0, 0.1) is 0 Å². The summed E-state index contributed by atoms with van der Waals surface area (Å²) in [4.78, 5) is 27.2. The smallest absolute Gasteiger partial charge is 0.317 e. The van der Waals surface area contributed by atoms with E-state index in [0.717, 1.165) is 22.0 Å². The number of hydrogen-bond acceptors (Lipinski definition) is 16. The lowest BCUT2D eigenvalue weighted by molar-refractivity contribution is -0.321. The third-order valence-electron chi connectivity index (χ3n) is 12.2. The van der Waals surface area contributed by atoms with Crippen LogP contribution in [-0.4, -0.2) is 121 Å². The van der Waals surface area contributed by atoms with Crippen LogP contribution in [-0.2, 0) is 38.6 Å². The molecule has 1 spiro atoms. The van der Waals surface area contributed by atoms with Crippen molar-refractivity contribution >= 4 is 22.8 Å². The first-order valence-corrected chi connectivity index (χ1v) is 20.7. The predicted molar refractivity (Wildman–Crippen MR) is 223 cm³/mol. The van der Waals surface area contributed by atoms with Crippen LogP contribution >= 0.6 is 0 Å². The summed E-state index contributed by atoms with van der Waals surface area (Å²) < 4.78 is 45.7. The summed E-state index contributed by atoms with van der Waals surface area (Å²) in [6.07, 6.45) is -5.93. The molecule has 0 radical (unpaired) electrons. The van der Waals surface area contributed by atoms with Crippen molar-refractivity contribution in [1.82, 2.24) is 14.9 Å². The van der Waals surface area contributed by atoms with E-state index in [9.17, 15) is 40.2 Å². The Morgan fingerprint density at radius 3 is 2.58 bits per heavy atom. The number of hydrogen-bond donors (Lipinski definition) is 9. The second-order valence-corrected chi connectivity index (χ2v) is 16.1. The van der Waals surface area contributed by atoms with E-state index in [1.165, 1.54) is 19.4 Å². The molecule has 4 aliphatic heterocycles. The number of esters is 1. The second-order valence-electron chi connectivity index (χ2n) is 16.1. The molecule has 0 amide bonds. The zero-order chi connectivity index (χ0) is 44.9. The van der Waals surface area contributed by atoms with Gasteiger partial charge in [-0.3, -0.25) is 9.59 Å². The number of ether oxygens (including phenoxy) is 7. The lowest BCUT2D eigenvalue weighted by Crippen LogP contribution is -2.74. The van der Waals surface area contributed by atoms with Crippen LogP contribution in [0.15, 0.2) is 85.3 Å². The molecule has 2 aromatic heterocycles. The summed E-state index contributed by atoms with van der Waals surface area (Å²) in [5.41, 5.74) is 8.50. The zero-order valence-electron chi connectivity index (χ0n) is 34.4. The maximum absolute atomic E-state index is 12.7. The number of benzene rings is 3. The molecule has 3 aromatic carbocycles. The van der Waals surface area contributed by atoms with E-state index in [1.807, 2.05) is 53.2 Å². The molecule has 4 aliphatic rings. The quantitative estimate of drug-likeness (QED) is 0.0564. The Balaban J connectivity index is 1.16. The Morgan fingerprint density at radius 2 is 1.83 bits per heavy atom. The van der Waals surface area contributed by atoms with Crippen LogP contribution in [0.3, 0.4) is 0 Å². The number of nitrogens with zero attached hydrogens (tertiary/aromatic N) is 1. The molecule has 5 aromatic rings. The fourth-order valence-corrected chi connectivity index (χ4v) is 9.32. The van der Waals surface area contributed by atoms with Crippen LogP contribution < -0.4 is 34.7 Å². The van der Waals surface area contributed by atoms with Gasteiger partial charge in [0, 0.05) is 47.9 Å². The van der Waals surface area contributed by atoms with E-state index in [1.54, 1.807) is 24.4 Å². The van der Waals surface area contributed by atoms with Gasteiger partial charge in [0.25, 0.3) is 0 Å². The number of aromatic amines is 1. The first-order chi connectivity index (χ1) is 30.9. The Bertz CT molecular complexity index is 2560. The van der Waals surface area contributed by atoms with Gasteiger partial charge in [-0.1, -0.05) is 36.4 Å². The highest BCUT2D eigenvalue weighted by atomic mass is 16.7. The third kappa shape index (κ3) is 7.53. The minimum absolute atomic E-state index is 0.0193. The van der Waals surface area contributed by atoms with Crippen molar-refractivity contribution < 1.29 is 73.4 Å². The van der Waals surface area contributed by atoms with E-state index in [-0.39, 0.29) is 32.1 Å². The standard InChI is InChI=1S/C45H48N4O15/c1-58-28-8-7-26-34-29(15-22-5-3-2-4-6-22)61-30-17-25(60-44-37(56)36(55)41(57)45(64-44)10-12-48-43(46)42(45)62-32(54)18-31(52)53)16-24(20-49-19-23-9-11-47-35(23)27(49)21-51)33(30)40(34)63-38(26)39(28)59-14-13-50/h2-12,16-17,19,29,34,36-37,40-44,47-48,50-51,55-57H,13-15,18,20-21,46H2,1H3,(H,52,53)/t29-,34-,36-,37-,40+,41+,42-,43+,44-,45+/m1/s1. The maximum atomic E-state index is 12.7. The summed E-state index contributed by atoms with van der Waals surface area (Å²) in [6.45, 7) is -0.422. The molecule has 10 atom stereocenters. The highest BCUT2D eigenvalue weighted by Gasteiger charge is 2.61. The molecule has 338 valence electrons. The number of aliphatic hydroxyl groups excluding tert-OH is 5. The van der Waals surface area contributed by atoms with E-state index in [0.29, 0.717) is 46.2 Å². The highest BCUT2D eigenvalue weighted by Crippen LogP contribution is 2.59. The van der Waals surface area contributed by atoms with Crippen LogP contribution in [0.5, 0.6) is 28.7 Å². The number of carboxylic acid groups (broad SMARTS) is 1. The molecular formula is C45H48N4O15. The van der Waals surface area contributed by atoms with Gasteiger partial charge in [0.2, 0.25) is 12.0 Å². The van der Waals surface area contributed by atoms with Gasteiger partial charge in [0.1, 0.15) is 61.2 Å². The second kappa shape index (κ2) is 17.3. The number of nitrogens with two attached hydrogens (primary N) is 1. The summed E-state index contributed by atoms with van der Waals surface area (Å²) in [7, 11) is 1.51. The molecule has 10 N–H and O–H groups in total. The number of carboxylic acids is 1. The van der Waals surface area contributed by atoms with Crippen molar-refractivity contribution in [3.05, 3.63) is 113 Å². The molecule has 0 saturated carbocycles. The minimum atomic E-state index is -2.13. The largest absolute Gasteiger partial charge is 0.493 e. The first kappa shape index (κ1) is 43.0. The monoisotopic (exact) mass is 884 g/mol. The van der Waals surface area contributed by atoms with Crippen LogP contribution in [0.25, 0.3) is 10.9 Å². The fraction of sp³-hybridized carbons (Fsp3) is 0.378. The Kier molecular flexibility index (Phi) is 11.6. The van der Waals surface area contributed by atoms with Gasteiger partial charge in [0.15, 0.2) is 23.2 Å². The fourth-order valence-electron chi connectivity index (χ4n) is 9.32. The summed E-state index contributed by atoms with van der Waals surface area (Å²) >= 11 is 0. The van der Waals surface area contributed by atoms with Crippen LogP contribution in [0.1, 0.15) is 46.4 Å². The average molecular weight is 885 g/mol. The molecule has 19 nitrogen and oxygen atoms in total. The predicted octanol–water partition coefficient (Wildman–Crippen LogP) is 1.46. The summed E-state index contributed by atoms with van der Waals surface area (Å²) in [6, 6.07) is 18.7. The number of H-pyrrole nitrogens is 1. The number of methoxy groups -OCH3 is 1.